The van der Waals surface area contributed by atoms with Crippen molar-refractivity contribution in [1.82, 2.24) is 29.6 Å². The second-order valence-corrected chi connectivity index (χ2v) is 11.4. The van der Waals surface area contributed by atoms with E-state index in [2.05, 4.69) is 42.5 Å². The molecule has 3 aliphatic heterocycles. The second kappa shape index (κ2) is 11.7. The first-order valence-corrected chi connectivity index (χ1v) is 14.9. The molecular formula is C30H36N10O3. The predicted molar refractivity (Wildman–Crippen MR) is 165 cm³/mol. The molecule has 2 amide bonds. The van der Waals surface area contributed by atoms with Crippen molar-refractivity contribution >= 4 is 40.1 Å². The van der Waals surface area contributed by atoms with Crippen LogP contribution in [0, 0.1) is 0 Å². The molecule has 1 aromatic carbocycles. The standard InChI is InChI=1S/C30H36N10O3/c1-37-10-12-38(13-11-37)26-9-6-22(16-31-26)34-30(42)33-21-4-2-20(3-5-21)27-35-28(39-18-23-7-8-24(19-39)43-23)25-17-32-40(14-15-41)29(25)36-27/h2-6,9,16-17,23-24,41H,7-8,10-15,18-19H2,1H3,(H2,33,34,42). The van der Waals surface area contributed by atoms with Gasteiger partial charge in [0.05, 0.1) is 48.8 Å². The molecule has 7 rings (SSSR count). The van der Waals surface area contributed by atoms with Crippen molar-refractivity contribution in [3.63, 3.8) is 0 Å². The number of fused-ring (bicyclic) bond motifs is 3. The number of pyridine rings is 1. The maximum Gasteiger partial charge on any atom is 0.323 e. The Kier molecular flexibility index (Phi) is 7.51. The number of ether oxygens (including phenoxy) is 1. The number of urea groups is 1. The van der Waals surface area contributed by atoms with Crippen LogP contribution < -0.4 is 20.4 Å². The minimum Gasteiger partial charge on any atom is -0.394 e. The molecule has 43 heavy (non-hydrogen) atoms. The number of morpholine rings is 1. The molecular weight excluding hydrogens is 548 g/mol. The lowest BCUT2D eigenvalue weighted by molar-refractivity contribution is 0.0303. The molecule has 4 aromatic rings. The van der Waals surface area contributed by atoms with Gasteiger partial charge in [-0.1, -0.05) is 0 Å². The number of anilines is 4. The van der Waals surface area contributed by atoms with E-state index < -0.39 is 0 Å². The summed E-state index contributed by atoms with van der Waals surface area (Å²) in [5.74, 6) is 2.31. The lowest BCUT2D eigenvalue weighted by atomic mass is 10.2. The van der Waals surface area contributed by atoms with Crippen molar-refractivity contribution in [2.45, 2.75) is 31.6 Å². The minimum atomic E-state index is -0.350. The molecule has 3 N–H and O–H groups in total. The van der Waals surface area contributed by atoms with E-state index in [1.807, 2.05) is 36.4 Å². The Morgan fingerprint density at radius 3 is 2.35 bits per heavy atom. The fourth-order valence-corrected chi connectivity index (χ4v) is 6.04. The molecule has 3 fully saturated rings. The van der Waals surface area contributed by atoms with Crippen molar-refractivity contribution in [3.05, 3.63) is 48.8 Å². The fourth-order valence-electron chi connectivity index (χ4n) is 6.04. The van der Waals surface area contributed by atoms with Crippen LogP contribution in [0.4, 0.5) is 27.8 Å². The maximum atomic E-state index is 12.7. The molecule has 3 aliphatic rings. The quantitative estimate of drug-likeness (QED) is 0.297. The molecule has 0 spiro atoms. The number of rotatable bonds is 7. The summed E-state index contributed by atoms with van der Waals surface area (Å²) >= 11 is 0. The Morgan fingerprint density at radius 2 is 1.65 bits per heavy atom. The number of aliphatic hydroxyl groups excluding tert-OH is 1. The van der Waals surface area contributed by atoms with Gasteiger partial charge in [0.1, 0.15) is 11.6 Å². The van der Waals surface area contributed by atoms with Crippen LogP contribution in [0.25, 0.3) is 22.4 Å². The molecule has 2 atom stereocenters. The van der Waals surface area contributed by atoms with Gasteiger partial charge in [-0.2, -0.15) is 5.10 Å². The van der Waals surface area contributed by atoms with E-state index in [-0.39, 0.29) is 24.8 Å². The molecule has 3 aromatic heterocycles. The summed E-state index contributed by atoms with van der Waals surface area (Å²) in [5, 5.41) is 20.6. The van der Waals surface area contributed by atoms with Crippen LogP contribution in [0.2, 0.25) is 0 Å². The normalized spacial score (nSPS) is 20.5. The van der Waals surface area contributed by atoms with E-state index in [9.17, 15) is 9.90 Å². The predicted octanol–water partition coefficient (Wildman–Crippen LogP) is 2.64. The largest absolute Gasteiger partial charge is 0.394 e. The third-order valence-electron chi connectivity index (χ3n) is 8.36. The Hall–Kier alpha value is -4.33. The van der Waals surface area contributed by atoms with Gasteiger partial charge in [-0.15, -0.1) is 0 Å². The number of aromatic nitrogens is 5. The van der Waals surface area contributed by atoms with Gasteiger partial charge in [0.25, 0.3) is 0 Å². The van der Waals surface area contributed by atoms with Crippen LogP contribution >= 0.6 is 0 Å². The summed E-state index contributed by atoms with van der Waals surface area (Å²) in [6.45, 7) is 5.76. The van der Waals surface area contributed by atoms with Crippen molar-refractivity contribution in [2.24, 2.45) is 0 Å². The number of hydrogen-bond acceptors (Lipinski definition) is 10. The first-order chi connectivity index (χ1) is 21.0. The summed E-state index contributed by atoms with van der Waals surface area (Å²) in [7, 11) is 2.12. The minimum absolute atomic E-state index is 0.0357. The Morgan fingerprint density at radius 1 is 0.930 bits per heavy atom. The van der Waals surface area contributed by atoms with Gasteiger partial charge in [0.2, 0.25) is 0 Å². The summed E-state index contributed by atoms with van der Waals surface area (Å²) in [6.07, 6.45) is 6.01. The summed E-state index contributed by atoms with van der Waals surface area (Å²) in [5.41, 5.74) is 2.75. The number of nitrogens with one attached hydrogen (secondary N) is 2. The molecule has 2 unspecified atom stereocenters. The number of benzene rings is 1. The van der Waals surface area contributed by atoms with E-state index in [1.54, 1.807) is 17.1 Å². The van der Waals surface area contributed by atoms with Crippen LogP contribution in [-0.2, 0) is 11.3 Å². The summed E-state index contributed by atoms with van der Waals surface area (Å²) < 4.78 is 7.76. The molecule has 13 heteroatoms. The van der Waals surface area contributed by atoms with Gasteiger partial charge in [0.15, 0.2) is 11.5 Å². The highest BCUT2D eigenvalue weighted by Crippen LogP contribution is 2.34. The van der Waals surface area contributed by atoms with Crippen LogP contribution in [0.1, 0.15) is 12.8 Å². The topological polar surface area (TPSA) is 137 Å². The maximum absolute atomic E-state index is 12.7. The van der Waals surface area contributed by atoms with Gasteiger partial charge in [-0.25, -0.2) is 24.4 Å². The van der Waals surface area contributed by atoms with Gasteiger partial charge in [-0.3, -0.25) is 0 Å². The summed E-state index contributed by atoms with van der Waals surface area (Å²) in [4.78, 5) is 33.9. The smallest absolute Gasteiger partial charge is 0.323 e. The van der Waals surface area contributed by atoms with E-state index >= 15 is 0 Å². The number of carbonyl (C=O) groups is 1. The molecule has 224 valence electrons. The average molecular weight is 585 g/mol. The van der Waals surface area contributed by atoms with Crippen LogP contribution in [0.3, 0.4) is 0 Å². The zero-order valence-corrected chi connectivity index (χ0v) is 24.2. The number of aliphatic hydroxyl groups is 1. The molecule has 0 saturated carbocycles. The number of nitrogens with zero attached hydrogens (tertiary/aromatic N) is 8. The zero-order valence-electron chi connectivity index (χ0n) is 24.2. The zero-order chi connectivity index (χ0) is 29.3. The highest BCUT2D eigenvalue weighted by Gasteiger charge is 2.35. The number of likely N-dealkylation sites (N-methyl/N-ethyl adjacent to an activating group) is 1. The Bertz CT molecular complexity index is 1570. The van der Waals surface area contributed by atoms with Crippen molar-refractivity contribution in [1.29, 1.82) is 0 Å². The Balaban J connectivity index is 1.05. The van der Waals surface area contributed by atoms with Crippen LogP contribution in [0.15, 0.2) is 48.8 Å². The lowest BCUT2D eigenvalue weighted by Gasteiger charge is -2.33. The first-order valence-electron chi connectivity index (χ1n) is 14.9. The highest BCUT2D eigenvalue weighted by atomic mass is 16.5. The third kappa shape index (κ3) is 5.83. The third-order valence-corrected chi connectivity index (χ3v) is 8.36. The average Bonchev–Trinajstić information content (AvgIpc) is 3.59. The van der Waals surface area contributed by atoms with Gasteiger partial charge in [0, 0.05) is 50.5 Å². The van der Waals surface area contributed by atoms with Crippen molar-refractivity contribution < 1.29 is 14.6 Å². The van der Waals surface area contributed by atoms with Crippen molar-refractivity contribution in [2.75, 3.05) is 73.4 Å². The van der Waals surface area contributed by atoms with E-state index in [1.165, 1.54) is 0 Å². The molecule has 13 nitrogen and oxygen atoms in total. The molecule has 3 saturated heterocycles. The van der Waals surface area contributed by atoms with Crippen LogP contribution in [-0.4, -0.2) is 106 Å². The summed E-state index contributed by atoms with van der Waals surface area (Å²) in [6, 6.07) is 10.9. The van der Waals surface area contributed by atoms with Crippen molar-refractivity contribution in [3.8, 4) is 11.4 Å². The number of amides is 2. The Labute approximate surface area is 249 Å². The number of hydrogen-bond donors (Lipinski definition) is 3. The van der Waals surface area contributed by atoms with E-state index in [0.717, 1.165) is 74.7 Å². The van der Waals surface area contributed by atoms with E-state index in [4.69, 9.17) is 14.7 Å². The molecule has 6 heterocycles. The first kappa shape index (κ1) is 27.5. The molecule has 2 bridgehead atoms. The molecule has 0 radical (unpaired) electrons. The van der Waals surface area contributed by atoms with Gasteiger partial charge in [-0.05, 0) is 56.3 Å². The van der Waals surface area contributed by atoms with Crippen LogP contribution in [0.5, 0.6) is 0 Å². The SMILES string of the molecule is CN1CCN(c2ccc(NC(=O)Nc3ccc(-c4nc(N5CC6CCC(C5)O6)c5cnn(CCO)c5n4)cc3)cn2)CC1. The number of carbonyl (C=O) groups excluding carboxylic acids is 1. The monoisotopic (exact) mass is 584 g/mol. The van der Waals surface area contributed by atoms with E-state index in [0.29, 0.717) is 29.4 Å². The van der Waals surface area contributed by atoms with Gasteiger partial charge >= 0.3 is 6.03 Å². The molecule has 0 aliphatic carbocycles. The van der Waals surface area contributed by atoms with Gasteiger partial charge < -0.3 is 35.2 Å². The second-order valence-electron chi connectivity index (χ2n) is 11.4. The highest BCUT2D eigenvalue weighted by molar-refractivity contribution is 5.99. The number of piperazine rings is 1. The lowest BCUT2D eigenvalue weighted by Crippen LogP contribution is -2.44. The fraction of sp³-hybridized carbons (Fsp3) is 0.433.